The van der Waals surface area contributed by atoms with Gasteiger partial charge in [0.2, 0.25) is 5.91 Å². The van der Waals surface area contributed by atoms with Crippen LogP contribution in [0.3, 0.4) is 0 Å². The Morgan fingerprint density at radius 1 is 1.25 bits per heavy atom. The van der Waals surface area contributed by atoms with E-state index >= 15 is 0 Å². The molecule has 0 radical (unpaired) electrons. The van der Waals surface area contributed by atoms with Crippen LogP contribution in [0, 0.1) is 6.92 Å². The molecule has 0 fully saturated rings. The van der Waals surface area contributed by atoms with Crippen molar-refractivity contribution in [2.24, 2.45) is 0 Å². The molecular formula is C19H22ClNO2S. The number of nitrogens with one attached hydrogen (secondary N) is 1. The van der Waals surface area contributed by atoms with Crippen molar-refractivity contribution in [1.82, 2.24) is 5.32 Å². The Morgan fingerprint density at radius 2 is 2.00 bits per heavy atom. The Balaban J connectivity index is 1.65. The van der Waals surface area contributed by atoms with Crippen LogP contribution in [0.5, 0.6) is 5.75 Å². The molecule has 24 heavy (non-hydrogen) atoms. The van der Waals surface area contributed by atoms with E-state index in [0.29, 0.717) is 12.4 Å². The second kappa shape index (κ2) is 9.60. The van der Waals surface area contributed by atoms with E-state index in [4.69, 9.17) is 16.3 Å². The van der Waals surface area contributed by atoms with E-state index in [2.05, 4.69) is 5.32 Å². The number of aryl methyl sites for hydroxylation is 1. The molecule has 128 valence electrons. The van der Waals surface area contributed by atoms with Crippen LogP contribution >= 0.6 is 23.4 Å². The largest absolute Gasteiger partial charge is 0.491 e. The number of carbonyl (C=O) groups excluding carboxylic acids is 1. The molecule has 0 aliphatic rings. The lowest BCUT2D eigenvalue weighted by atomic mass is 10.2. The molecule has 0 aromatic heterocycles. The highest BCUT2D eigenvalue weighted by atomic mass is 35.5. The highest BCUT2D eigenvalue weighted by molar-refractivity contribution is 7.99. The molecule has 0 aliphatic carbocycles. The first kappa shape index (κ1) is 18.7. The smallest absolute Gasteiger partial charge is 0.230 e. The lowest BCUT2D eigenvalue weighted by molar-refractivity contribution is -0.119. The number of amides is 1. The van der Waals surface area contributed by atoms with Gasteiger partial charge in [0, 0.05) is 10.8 Å². The molecule has 0 aliphatic heterocycles. The van der Waals surface area contributed by atoms with Crippen molar-refractivity contribution in [3.05, 3.63) is 64.7 Å². The van der Waals surface area contributed by atoms with E-state index in [1.165, 1.54) is 5.56 Å². The summed E-state index contributed by atoms with van der Waals surface area (Å²) in [5.41, 5.74) is 2.32. The lowest BCUT2D eigenvalue weighted by Crippen LogP contribution is -2.37. The molecule has 1 atom stereocenters. The van der Waals surface area contributed by atoms with Crippen molar-refractivity contribution in [2.75, 3.05) is 12.4 Å². The Bertz CT molecular complexity index is 661. The van der Waals surface area contributed by atoms with Crippen molar-refractivity contribution in [3.63, 3.8) is 0 Å². The molecule has 1 amide bonds. The summed E-state index contributed by atoms with van der Waals surface area (Å²) >= 11 is 7.52. The average molecular weight is 364 g/mol. The molecule has 0 spiro atoms. The van der Waals surface area contributed by atoms with E-state index in [1.807, 2.05) is 62.4 Å². The van der Waals surface area contributed by atoms with Crippen molar-refractivity contribution in [3.8, 4) is 5.75 Å². The maximum Gasteiger partial charge on any atom is 0.230 e. The van der Waals surface area contributed by atoms with Gasteiger partial charge in [-0.3, -0.25) is 4.79 Å². The summed E-state index contributed by atoms with van der Waals surface area (Å²) in [6.45, 7) is 4.43. The van der Waals surface area contributed by atoms with Crippen LogP contribution < -0.4 is 10.1 Å². The molecule has 0 saturated carbocycles. The third-order valence-corrected chi connectivity index (χ3v) is 4.56. The summed E-state index contributed by atoms with van der Waals surface area (Å²) in [6.07, 6.45) is 0. The highest BCUT2D eigenvalue weighted by Gasteiger charge is 2.08. The molecule has 1 N–H and O–H groups in total. The molecule has 0 bridgehead atoms. The van der Waals surface area contributed by atoms with Crippen molar-refractivity contribution < 1.29 is 9.53 Å². The molecule has 3 nitrogen and oxygen atoms in total. The monoisotopic (exact) mass is 363 g/mol. The average Bonchev–Trinajstić information content (AvgIpc) is 2.54. The Kier molecular flexibility index (Phi) is 7.47. The van der Waals surface area contributed by atoms with Crippen LogP contribution in [0.1, 0.15) is 18.1 Å². The molecule has 2 rings (SSSR count). The first-order chi connectivity index (χ1) is 11.5. The maximum atomic E-state index is 12.0. The van der Waals surface area contributed by atoms with E-state index in [-0.39, 0.29) is 11.9 Å². The fourth-order valence-corrected chi connectivity index (χ4v) is 3.10. The zero-order valence-corrected chi connectivity index (χ0v) is 15.5. The summed E-state index contributed by atoms with van der Waals surface area (Å²) in [5, 5.41) is 3.67. The van der Waals surface area contributed by atoms with Crippen molar-refractivity contribution >= 4 is 29.3 Å². The number of benzene rings is 2. The molecule has 2 aromatic rings. The van der Waals surface area contributed by atoms with Gasteiger partial charge in [0.05, 0.1) is 11.8 Å². The fraction of sp³-hybridized carbons (Fsp3) is 0.316. The maximum absolute atomic E-state index is 12.0. The predicted molar refractivity (Wildman–Crippen MR) is 102 cm³/mol. The molecular weight excluding hydrogens is 342 g/mol. The number of carbonyl (C=O) groups is 1. The zero-order valence-electron chi connectivity index (χ0n) is 13.9. The molecule has 2 aromatic carbocycles. The number of hydrogen-bond acceptors (Lipinski definition) is 3. The minimum atomic E-state index is -0.0365. The number of thioether (sulfide) groups is 1. The van der Waals surface area contributed by atoms with Gasteiger partial charge in [0.25, 0.3) is 0 Å². The zero-order chi connectivity index (χ0) is 17.4. The predicted octanol–water partition coefficient (Wildman–Crippen LogP) is 4.47. The summed E-state index contributed by atoms with van der Waals surface area (Å²) in [4.78, 5) is 12.0. The van der Waals surface area contributed by atoms with Gasteiger partial charge in [-0.1, -0.05) is 41.4 Å². The van der Waals surface area contributed by atoms with Gasteiger partial charge in [0.15, 0.2) is 0 Å². The summed E-state index contributed by atoms with van der Waals surface area (Å²) in [7, 11) is 0. The minimum absolute atomic E-state index is 0.0158. The van der Waals surface area contributed by atoms with Crippen LogP contribution in [0.25, 0.3) is 0 Å². The van der Waals surface area contributed by atoms with Crippen molar-refractivity contribution in [2.45, 2.75) is 25.6 Å². The van der Waals surface area contributed by atoms with Crippen LogP contribution in [-0.4, -0.2) is 24.3 Å². The van der Waals surface area contributed by atoms with E-state index < -0.39 is 0 Å². The Morgan fingerprint density at radius 3 is 2.71 bits per heavy atom. The quantitative estimate of drug-likeness (QED) is 0.752. The topological polar surface area (TPSA) is 38.3 Å². The van der Waals surface area contributed by atoms with Crippen LogP contribution in [0.2, 0.25) is 5.02 Å². The summed E-state index contributed by atoms with van der Waals surface area (Å²) in [5.74, 6) is 2.02. The van der Waals surface area contributed by atoms with Crippen LogP contribution in [-0.2, 0) is 10.5 Å². The molecule has 0 heterocycles. The van der Waals surface area contributed by atoms with Crippen molar-refractivity contribution in [1.29, 1.82) is 0 Å². The van der Waals surface area contributed by atoms with Crippen LogP contribution in [0.15, 0.2) is 48.5 Å². The van der Waals surface area contributed by atoms with E-state index in [0.717, 1.165) is 22.1 Å². The SMILES string of the molecule is Cc1ccc(OC[C@@H](C)NC(=O)CSCc2cccc(Cl)c2)cc1. The minimum Gasteiger partial charge on any atom is -0.491 e. The van der Waals surface area contributed by atoms with E-state index in [1.54, 1.807) is 11.8 Å². The first-order valence-corrected chi connectivity index (χ1v) is 9.37. The molecule has 0 unspecified atom stereocenters. The summed E-state index contributed by atoms with van der Waals surface area (Å²) < 4.78 is 5.67. The van der Waals surface area contributed by atoms with E-state index in [9.17, 15) is 4.79 Å². The van der Waals surface area contributed by atoms with Gasteiger partial charge < -0.3 is 10.1 Å². The van der Waals surface area contributed by atoms with Gasteiger partial charge in [-0.2, -0.15) is 0 Å². The van der Waals surface area contributed by atoms with Gasteiger partial charge in [-0.25, -0.2) is 0 Å². The lowest BCUT2D eigenvalue weighted by Gasteiger charge is -2.15. The number of rotatable bonds is 8. The highest BCUT2D eigenvalue weighted by Crippen LogP contribution is 2.16. The Hall–Kier alpha value is -1.65. The second-order valence-electron chi connectivity index (χ2n) is 5.72. The summed E-state index contributed by atoms with van der Waals surface area (Å²) in [6, 6.07) is 15.5. The normalized spacial score (nSPS) is 11.8. The molecule has 5 heteroatoms. The van der Waals surface area contributed by atoms with Gasteiger partial charge >= 0.3 is 0 Å². The molecule has 0 saturated heterocycles. The first-order valence-electron chi connectivity index (χ1n) is 7.84. The fourth-order valence-electron chi connectivity index (χ4n) is 2.10. The number of ether oxygens (including phenoxy) is 1. The van der Waals surface area contributed by atoms with Crippen LogP contribution in [0.4, 0.5) is 0 Å². The number of halogens is 1. The standard InChI is InChI=1S/C19H22ClNO2S/c1-14-6-8-18(9-7-14)23-11-15(2)21-19(22)13-24-12-16-4-3-5-17(20)10-16/h3-10,15H,11-13H2,1-2H3,(H,21,22)/t15-/m1/s1. The van der Waals surface area contributed by atoms with Gasteiger partial charge in [-0.15, -0.1) is 11.8 Å². The van der Waals surface area contributed by atoms with Gasteiger partial charge in [0.1, 0.15) is 12.4 Å². The third-order valence-electron chi connectivity index (χ3n) is 3.32. The third kappa shape index (κ3) is 6.85. The number of hydrogen-bond donors (Lipinski definition) is 1. The second-order valence-corrected chi connectivity index (χ2v) is 7.14. The van der Waals surface area contributed by atoms with Gasteiger partial charge in [-0.05, 0) is 43.7 Å². The Labute approximate surface area is 152 Å².